The van der Waals surface area contributed by atoms with Crippen LogP contribution in [0.1, 0.15) is 35.2 Å². The number of aromatic nitrogens is 5. The third kappa shape index (κ3) is 9.35. The van der Waals surface area contributed by atoms with Crippen molar-refractivity contribution in [1.29, 1.82) is 0 Å². The molecule has 0 atom stereocenters. The lowest BCUT2D eigenvalue weighted by Crippen LogP contribution is -2.50. The number of non-ortho nitro benzene ring substituents is 1. The van der Waals surface area contributed by atoms with Crippen LogP contribution in [0, 0.1) is 21.8 Å². The fourth-order valence-electron chi connectivity index (χ4n) is 3.89. The number of carbonyl (C=O) groups excluding carboxylic acids is 2. The second kappa shape index (κ2) is 15.4. The van der Waals surface area contributed by atoms with Crippen LogP contribution in [0.15, 0.2) is 40.5 Å². The molecule has 0 saturated carbocycles. The van der Waals surface area contributed by atoms with Gasteiger partial charge in [-0.15, -0.1) is 5.10 Å². The molecule has 3 N–H and O–H groups in total. The van der Waals surface area contributed by atoms with Crippen molar-refractivity contribution in [2.45, 2.75) is 53.9 Å². The van der Waals surface area contributed by atoms with Gasteiger partial charge in [-0.2, -0.15) is 30.7 Å². The normalized spacial score (nSPS) is 12.1. The number of hydrogen-bond acceptors (Lipinski definition) is 12. The van der Waals surface area contributed by atoms with Gasteiger partial charge >= 0.3 is 35.9 Å². The summed E-state index contributed by atoms with van der Waals surface area (Å²) in [5.74, 6) is -21.9. The van der Waals surface area contributed by atoms with Gasteiger partial charge < -0.3 is 20.3 Å². The van der Waals surface area contributed by atoms with Crippen LogP contribution in [0.2, 0.25) is 0 Å². The SMILES string of the molecule is O=C(O)CC(CC(=O)O)CC(=O)OCCn1nnnc1Sc1ccc([N+](=O)[O-])cc1C(=O)Nc1ncc(C(F)(F)C(F)(F)C(F)(F)F)cc1F. The maximum Gasteiger partial charge on any atom is 0.460 e. The third-order valence-corrected chi connectivity index (χ3v) is 7.30. The first-order chi connectivity index (χ1) is 23.1. The van der Waals surface area contributed by atoms with Crippen molar-refractivity contribution in [2.24, 2.45) is 5.92 Å². The van der Waals surface area contributed by atoms with Gasteiger partial charge in [-0.25, -0.2) is 14.1 Å². The minimum Gasteiger partial charge on any atom is -0.481 e. The molecule has 1 amide bonds. The number of halogens is 8. The zero-order valence-corrected chi connectivity index (χ0v) is 25.2. The number of esters is 1. The van der Waals surface area contributed by atoms with Gasteiger partial charge in [-0.1, -0.05) is 0 Å². The zero-order chi connectivity index (χ0) is 37.6. The Kier molecular flexibility index (Phi) is 12.0. The lowest BCUT2D eigenvalue weighted by Gasteiger charge is -2.28. The maximum absolute atomic E-state index is 14.6. The van der Waals surface area contributed by atoms with Crippen LogP contribution in [0.4, 0.5) is 46.6 Å². The maximum atomic E-state index is 14.6. The Morgan fingerprint density at radius 3 is 2.22 bits per heavy atom. The van der Waals surface area contributed by atoms with Crippen LogP contribution in [-0.4, -0.2) is 82.8 Å². The van der Waals surface area contributed by atoms with E-state index in [1.807, 2.05) is 0 Å². The lowest BCUT2D eigenvalue weighted by molar-refractivity contribution is -0.384. The Hall–Kier alpha value is -5.49. The number of carboxylic acids is 2. The van der Waals surface area contributed by atoms with Crippen LogP contribution in [0.5, 0.6) is 0 Å². The number of ether oxygens (including phenoxy) is 1. The molecule has 3 aromatic rings. The molecule has 0 spiro atoms. The fourth-order valence-corrected chi connectivity index (χ4v) is 4.80. The largest absolute Gasteiger partial charge is 0.481 e. The van der Waals surface area contributed by atoms with E-state index >= 15 is 0 Å². The highest BCUT2D eigenvalue weighted by Gasteiger charge is 2.73. The summed E-state index contributed by atoms with van der Waals surface area (Å²) in [6.07, 6.45) is -8.74. The zero-order valence-electron chi connectivity index (χ0n) is 24.4. The van der Waals surface area contributed by atoms with E-state index in [4.69, 9.17) is 14.9 Å². The molecule has 16 nitrogen and oxygen atoms in total. The van der Waals surface area contributed by atoms with Crippen LogP contribution in [-0.2, 0) is 31.6 Å². The molecule has 25 heteroatoms. The van der Waals surface area contributed by atoms with E-state index in [2.05, 4.69) is 20.5 Å². The molecule has 2 aromatic heterocycles. The minimum absolute atomic E-state index is 0.139. The summed E-state index contributed by atoms with van der Waals surface area (Å²) in [6.45, 7) is -0.690. The topological polar surface area (TPSA) is 230 Å². The van der Waals surface area contributed by atoms with Crippen molar-refractivity contribution >= 4 is 47.1 Å². The van der Waals surface area contributed by atoms with E-state index in [-0.39, 0.29) is 22.8 Å². The van der Waals surface area contributed by atoms with E-state index in [1.165, 1.54) is 0 Å². The molecule has 0 aliphatic rings. The Morgan fingerprint density at radius 1 is 1.02 bits per heavy atom. The van der Waals surface area contributed by atoms with Crippen LogP contribution >= 0.6 is 11.8 Å². The summed E-state index contributed by atoms with van der Waals surface area (Å²) in [6, 6.07) is 2.22. The number of nitrogens with one attached hydrogen (secondary N) is 1. The third-order valence-electron chi connectivity index (χ3n) is 6.25. The Balaban J connectivity index is 1.79. The molecule has 2 heterocycles. The van der Waals surface area contributed by atoms with Crippen molar-refractivity contribution in [3.05, 3.63) is 57.5 Å². The Bertz CT molecular complexity index is 1780. The van der Waals surface area contributed by atoms with E-state index in [1.54, 1.807) is 5.32 Å². The van der Waals surface area contributed by atoms with Gasteiger partial charge in [0.25, 0.3) is 11.6 Å². The summed E-state index contributed by atoms with van der Waals surface area (Å²) in [5.41, 5.74) is -3.47. The first-order valence-corrected chi connectivity index (χ1v) is 14.1. The van der Waals surface area contributed by atoms with Gasteiger partial charge in [0, 0.05) is 48.1 Å². The highest BCUT2D eigenvalue weighted by atomic mass is 32.2. The van der Waals surface area contributed by atoms with Crippen molar-refractivity contribution in [1.82, 2.24) is 25.2 Å². The molecule has 50 heavy (non-hydrogen) atoms. The first-order valence-electron chi connectivity index (χ1n) is 13.3. The number of aliphatic carboxylic acids is 2. The van der Waals surface area contributed by atoms with E-state index in [0.717, 1.165) is 16.8 Å². The Morgan fingerprint density at radius 2 is 1.66 bits per heavy atom. The number of nitrogens with zero attached hydrogens (tertiary/aromatic N) is 6. The summed E-state index contributed by atoms with van der Waals surface area (Å²) in [5, 5.41) is 41.5. The van der Waals surface area contributed by atoms with Crippen LogP contribution in [0.25, 0.3) is 0 Å². The van der Waals surface area contributed by atoms with E-state index in [9.17, 15) is 64.4 Å². The monoisotopic (exact) mass is 745 g/mol. The molecule has 0 aliphatic heterocycles. The molecular weight excluding hydrogens is 726 g/mol. The number of carbonyl (C=O) groups is 4. The van der Waals surface area contributed by atoms with Crippen LogP contribution < -0.4 is 5.32 Å². The van der Waals surface area contributed by atoms with E-state index < -0.39 is 113 Å². The number of amides is 1. The summed E-state index contributed by atoms with van der Waals surface area (Å²) >= 11 is 0.574. The number of nitro benzene ring substituents is 1. The molecule has 1 aromatic carbocycles. The second-order valence-electron chi connectivity index (χ2n) is 9.87. The average Bonchev–Trinajstić information content (AvgIpc) is 3.43. The molecule has 270 valence electrons. The number of benzene rings is 1. The highest BCUT2D eigenvalue weighted by Crippen LogP contribution is 2.51. The summed E-state index contributed by atoms with van der Waals surface area (Å²) in [7, 11) is 0. The minimum atomic E-state index is -6.73. The summed E-state index contributed by atoms with van der Waals surface area (Å²) < 4.78 is 113. The number of rotatable bonds is 16. The molecule has 0 fully saturated rings. The second-order valence-corrected chi connectivity index (χ2v) is 10.9. The molecule has 3 rings (SSSR count). The predicted molar refractivity (Wildman–Crippen MR) is 146 cm³/mol. The van der Waals surface area contributed by atoms with Crippen molar-refractivity contribution in [2.75, 3.05) is 11.9 Å². The highest BCUT2D eigenvalue weighted by molar-refractivity contribution is 7.99. The number of tetrazole rings is 1. The molecule has 0 aliphatic carbocycles. The molecule has 0 unspecified atom stereocenters. The lowest BCUT2D eigenvalue weighted by atomic mass is 9.98. The van der Waals surface area contributed by atoms with Gasteiger partial charge in [0.05, 0.1) is 17.0 Å². The molecule has 0 saturated heterocycles. The Labute approximate surface area is 275 Å². The van der Waals surface area contributed by atoms with Gasteiger partial charge in [-0.05, 0) is 40.2 Å². The summed E-state index contributed by atoms with van der Waals surface area (Å²) in [4.78, 5) is 60.3. The number of hydrogen-bond donors (Lipinski definition) is 3. The number of nitro groups is 1. The number of anilines is 1. The number of alkyl halides is 7. The van der Waals surface area contributed by atoms with Crippen molar-refractivity contribution in [3.8, 4) is 0 Å². The van der Waals surface area contributed by atoms with Crippen LogP contribution in [0.3, 0.4) is 0 Å². The molecule has 0 bridgehead atoms. The number of carboxylic acid groups (broad SMARTS) is 2. The number of pyridine rings is 1. The average molecular weight is 746 g/mol. The molecular formula is C25H19F8N7O9S. The van der Waals surface area contributed by atoms with Gasteiger partial charge in [0.1, 0.15) is 6.61 Å². The first kappa shape index (κ1) is 39.0. The molecule has 0 radical (unpaired) electrons. The fraction of sp³-hybridized carbons (Fsp3) is 0.360. The van der Waals surface area contributed by atoms with Gasteiger partial charge in [-0.3, -0.25) is 29.3 Å². The standard InChI is InChI=1S/C25H19F8N7O9S/c26-15-8-12(23(27,28)24(29,30)25(31,32)33)10-34-20(15)35-21(46)14-9-13(40(47)48)1-2-16(14)50-22-36-37-38-39(22)3-4-49-19(45)7-11(5-17(41)42)6-18(43)44/h1-2,8-11H,3-7H2,(H,41,42)(H,43,44)(H,34,35,46). The van der Waals surface area contributed by atoms with E-state index in [0.29, 0.717) is 17.8 Å². The quantitative estimate of drug-likeness (QED) is 0.0804. The predicted octanol–water partition coefficient (Wildman–Crippen LogP) is 4.31. The van der Waals surface area contributed by atoms with Gasteiger partial charge in [0.15, 0.2) is 11.6 Å². The smallest absolute Gasteiger partial charge is 0.460 e. The van der Waals surface area contributed by atoms with Crippen molar-refractivity contribution in [3.63, 3.8) is 0 Å². The van der Waals surface area contributed by atoms with Gasteiger partial charge in [0.2, 0.25) is 5.16 Å². The van der Waals surface area contributed by atoms with Crippen molar-refractivity contribution < 1.29 is 74.2 Å².